The first kappa shape index (κ1) is 63.3. The van der Waals surface area contributed by atoms with Crippen molar-refractivity contribution in [3.8, 4) is 23.7 Å². The second kappa shape index (κ2) is 46.7. The number of ether oxygens (including phenoxy) is 2. The van der Waals surface area contributed by atoms with E-state index in [-0.39, 0.29) is 30.9 Å². The van der Waals surface area contributed by atoms with Crippen LogP contribution in [0.15, 0.2) is 0 Å². The van der Waals surface area contributed by atoms with Crippen LogP contribution in [0.4, 0.5) is 0 Å². The molecule has 1 heterocycles. The molecule has 1 aliphatic rings. The van der Waals surface area contributed by atoms with E-state index in [1.165, 1.54) is 128 Å². The minimum Gasteiger partial charge on any atom is -0.394 e. The molecule has 12 heteroatoms. The number of hydrogen-bond acceptors (Lipinski definition) is 9. The Hall–Kier alpha value is -2.71. The van der Waals surface area contributed by atoms with E-state index in [4.69, 9.17) is 9.47 Å². The summed E-state index contributed by atoms with van der Waals surface area (Å²) in [5, 5.41) is 48.5. The fourth-order valence-corrected chi connectivity index (χ4v) is 8.56. The van der Waals surface area contributed by atoms with E-state index in [0.29, 0.717) is 45.1 Å². The number of unbranched alkanes of at least 4 members (excludes halogenated alkanes) is 29. The van der Waals surface area contributed by atoms with Crippen LogP contribution < -0.4 is 16.0 Å². The summed E-state index contributed by atoms with van der Waals surface area (Å²) in [6, 6.07) is -0.712. The number of hydrogen-bond donors (Lipinski definition) is 7. The predicted molar refractivity (Wildman–Crippen MR) is 275 cm³/mol. The van der Waals surface area contributed by atoms with E-state index in [2.05, 4.69) is 53.5 Å². The number of aliphatic hydroxyl groups is 4. The van der Waals surface area contributed by atoms with Gasteiger partial charge in [-0.15, -0.1) is 0 Å². The molecule has 0 spiro atoms. The van der Waals surface area contributed by atoms with Crippen molar-refractivity contribution in [1.29, 1.82) is 0 Å². The molecule has 3 amide bonds. The monoisotopic (exact) mass is 960 g/mol. The molecule has 394 valence electrons. The van der Waals surface area contributed by atoms with Crippen molar-refractivity contribution < 1.29 is 44.3 Å². The molecule has 0 bridgehead atoms. The quantitative estimate of drug-likeness (QED) is 0.0230. The highest BCUT2D eigenvalue weighted by molar-refractivity contribution is 5.87. The van der Waals surface area contributed by atoms with E-state index < -0.39 is 43.4 Å². The second-order valence-corrected chi connectivity index (χ2v) is 19.3. The first-order chi connectivity index (χ1) is 33.2. The predicted octanol–water partition coefficient (Wildman–Crippen LogP) is 10.0. The summed E-state index contributed by atoms with van der Waals surface area (Å²) >= 11 is 0. The van der Waals surface area contributed by atoms with Crippen molar-refractivity contribution in [2.45, 2.75) is 288 Å². The molecule has 0 aromatic carbocycles. The molecule has 0 unspecified atom stereocenters. The molecule has 68 heavy (non-hydrogen) atoms. The summed E-state index contributed by atoms with van der Waals surface area (Å²) in [5.41, 5.74) is 0. The van der Waals surface area contributed by atoms with Gasteiger partial charge in [-0.2, -0.15) is 0 Å². The zero-order chi connectivity index (χ0) is 49.6. The van der Waals surface area contributed by atoms with E-state index in [1.54, 1.807) is 0 Å². The smallest absolute Gasteiger partial charge is 0.242 e. The van der Waals surface area contributed by atoms with Crippen molar-refractivity contribution >= 4 is 17.7 Å². The Kier molecular flexibility index (Phi) is 43.4. The summed E-state index contributed by atoms with van der Waals surface area (Å²) < 4.78 is 10.9. The van der Waals surface area contributed by atoms with Crippen LogP contribution in [0.2, 0.25) is 0 Å². The minimum atomic E-state index is -1.53. The largest absolute Gasteiger partial charge is 0.394 e. The number of aliphatic hydroxyl groups excluding tert-OH is 4. The molecule has 0 radical (unpaired) electrons. The summed E-state index contributed by atoms with van der Waals surface area (Å²) in [6.45, 7) is 4.79. The highest BCUT2D eigenvalue weighted by Crippen LogP contribution is 2.22. The van der Waals surface area contributed by atoms with Crippen LogP contribution in [0.3, 0.4) is 0 Å². The molecular weight excluding hydrogens is 859 g/mol. The van der Waals surface area contributed by atoms with Crippen molar-refractivity contribution in [2.24, 2.45) is 0 Å². The Morgan fingerprint density at radius 2 is 0.956 bits per heavy atom. The maximum absolute atomic E-state index is 13.3. The van der Waals surface area contributed by atoms with E-state index in [9.17, 15) is 34.8 Å². The molecule has 7 N–H and O–H groups in total. The molecule has 0 aromatic heterocycles. The molecule has 0 aliphatic carbocycles. The van der Waals surface area contributed by atoms with Crippen LogP contribution in [0.25, 0.3) is 0 Å². The van der Waals surface area contributed by atoms with Crippen molar-refractivity contribution in [2.75, 3.05) is 26.3 Å². The summed E-state index contributed by atoms with van der Waals surface area (Å²) in [4.78, 5) is 38.7. The van der Waals surface area contributed by atoms with Gasteiger partial charge >= 0.3 is 0 Å². The van der Waals surface area contributed by atoms with Gasteiger partial charge in [0.25, 0.3) is 0 Å². The Bertz CT molecular complexity index is 1340. The van der Waals surface area contributed by atoms with Gasteiger partial charge < -0.3 is 45.9 Å². The van der Waals surface area contributed by atoms with Crippen LogP contribution >= 0.6 is 0 Å². The Morgan fingerprint density at radius 1 is 0.515 bits per heavy atom. The lowest BCUT2D eigenvalue weighted by atomic mass is 9.99. The molecule has 0 saturated carbocycles. The SMILES string of the molecule is CCCCCCCCCCCCC#CC#CCCCCCCCCC(=O)NCCCC[C@H](NC(=O)CCCCCCCCCCCCCCC)C(=O)NCCCO[C@@H]1O[C@H](CO)[C@H](O)[C@H](O)[C@H]1O. The van der Waals surface area contributed by atoms with Gasteiger partial charge in [0, 0.05) is 38.8 Å². The Labute approximate surface area is 414 Å². The lowest BCUT2D eigenvalue weighted by Gasteiger charge is -2.39. The van der Waals surface area contributed by atoms with Crippen LogP contribution in [0.1, 0.15) is 251 Å². The summed E-state index contributed by atoms with van der Waals surface area (Å²) in [6.07, 6.45) is 33.8. The average molecular weight is 960 g/mol. The van der Waals surface area contributed by atoms with Crippen molar-refractivity contribution in [1.82, 2.24) is 16.0 Å². The first-order valence-electron chi connectivity index (χ1n) is 28.0. The number of amides is 3. The standard InChI is InChI=1S/C56H101N3O9/c1-3-5-7-9-11-13-15-17-18-19-20-21-22-23-24-25-27-28-30-32-34-36-42-50(61)57-44-39-38-41-48(59-51(62)43-37-35-33-31-29-26-16-14-12-10-8-6-4-2)55(66)58-45-40-46-67-56-54(65)53(64)52(63)49(47-60)68-56/h48-49,52-54,56,60,63-65H,3-20,25-47H2,1-2H3,(H,57,61)(H,58,66)(H,59,62)/t48-,49+,52-,53-,54+,56+/m0/s1. The van der Waals surface area contributed by atoms with E-state index in [0.717, 1.165) is 70.6 Å². The average Bonchev–Trinajstić information content (AvgIpc) is 3.33. The highest BCUT2D eigenvalue weighted by atomic mass is 16.7. The third-order valence-corrected chi connectivity index (χ3v) is 13.0. The van der Waals surface area contributed by atoms with Gasteiger partial charge in [0.05, 0.1) is 13.2 Å². The summed E-state index contributed by atoms with van der Waals surface area (Å²) in [7, 11) is 0. The van der Waals surface area contributed by atoms with Crippen LogP contribution in [0, 0.1) is 23.7 Å². The zero-order valence-electron chi connectivity index (χ0n) is 43.3. The highest BCUT2D eigenvalue weighted by Gasteiger charge is 2.44. The third-order valence-electron chi connectivity index (χ3n) is 13.0. The molecule has 1 fully saturated rings. The normalized spacial score (nSPS) is 18.2. The van der Waals surface area contributed by atoms with Gasteiger partial charge in [0.15, 0.2) is 6.29 Å². The molecular formula is C56H101N3O9. The number of carbonyl (C=O) groups is 3. The fraction of sp³-hybridized carbons (Fsp3) is 0.875. The Balaban J connectivity index is 2.28. The van der Waals surface area contributed by atoms with E-state index in [1.807, 2.05) is 0 Å². The maximum Gasteiger partial charge on any atom is 0.242 e. The first-order valence-corrected chi connectivity index (χ1v) is 28.0. The number of rotatable bonds is 45. The number of nitrogens with one attached hydrogen (secondary N) is 3. The molecule has 12 nitrogen and oxygen atoms in total. The zero-order valence-corrected chi connectivity index (χ0v) is 43.3. The molecule has 1 aliphatic heterocycles. The lowest BCUT2D eigenvalue weighted by Crippen LogP contribution is -2.59. The van der Waals surface area contributed by atoms with Crippen LogP contribution in [-0.4, -0.2) is 101 Å². The van der Waals surface area contributed by atoms with Gasteiger partial charge in [0.1, 0.15) is 30.5 Å². The number of carbonyl (C=O) groups excluding carboxylic acids is 3. The molecule has 1 saturated heterocycles. The van der Waals surface area contributed by atoms with E-state index >= 15 is 0 Å². The van der Waals surface area contributed by atoms with Crippen LogP contribution in [-0.2, 0) is 23.9 Å². The molecule has 1 rings (SSSR count). The van der Waals surface area contributed by atoms with Crippen LogP contribution in [0.5, 0.6) is 0 Å². The second-order valence-electron chi connectivity index (χ2n) is 19.3. The topological polar surface area (TPSA) is 187 Å². The van der Waals surface area contributed by atoms with Gasteiger partial charge in [-0.3, -0.25) is 14.4 Å². The van der Waals surface area contributed by atoms with Gasteiger partial charge in [-0.05, 0) is 63.2 Å². The third kappa shape index (κ3) is 36.3. The lowest BCUT2D eigenvalue weighted by molar-refractivity contribution is -0.301. The van der Waals surface area contributed by atoms with Crippen molar-refractivity contribution in [3.05, 3.63) is 0 Å². The Morgan fingerprint density at radius 3 is 1.44 bits per heavy atom. The van der Waals surface area contributed by atoms with Gasteiger partial charge in [-0.25, -0.2) is 0 Å². The fourth-order valence-electron chi connectivity index (χ4n) is 8.56. The van der Waals surface area contributed by atoms with Gasteiger partial charge in [-0.1, -0.05) is 186 Å². The minimum absolute atomic E-state index is 0.0425. The summed E-state index contributed by atoms with van der Waals surface area (Å²) in [5.74, 6) is 12.0. The molecule has 0 aromatic rings. The molecule has 6 atom stereocenters. The maximum atomic E-state index is 13.3. The van der Waals surface area contributed by atoms with Gasteiger partial charge in [0.2, 0.25) is 17.7 Å². The van der Waals surface area contributed by atoms with Crippen molar-refractivity contribution in [3.63, 3.8) is 0 Å².